The van der Waals surface area contributed by atoms with Crippen LogP contribution >= 0.6 is 0 Å². The molecule has 0 atom stereocenters. The molecule has 0 N–H and O–H groups in total. The highest BCUT2D eigenvalue weighted by Gasteiger charge is 2.23. The van der Waals surface area contributed by atoms with Gasteiger partial charge in [-0.1, -0.05) is 37.3 Å². The molecule has 0 amide bonds. The minimum atomic E-state index is 0.861. The summed E-state index contributed by atoms with van der Waals surface area (Å²) in [4.78, 5) is 14.8. The van der Waals surface area contributed by atoms with Gasteiger partial charge in [-0.25, -0.2) is 14.6 Å². The Bertz CT molecular complexity index is 1200. The summed E-state index contributed by atoms with van der Waals surface area (Å²) in [5.41, 5.74) is 3.21. The first-order valence-corrected chi connectivity index (χ1v) is 11.7. The summed E-state index contributed by atoms with van der Waals surface area (Å²) in [7, 11) is 1.70. The topological polar surface area (TPSA) is 59.3 Å². The van der Waals surface area contributed by atoms with Gasteiger partial charge in [0.2, 0.25) is 0 Å². The van der Waals surface area contributed by atoms with Crippen LogP contribution in [0.15, 0.2) is 60.8 Å². The second-order valence-electron chi connectivity index (χ2n) is 8.45. The quantitative estimate of drug-likeness (QED) is 0.430. The molecule has 0 bridgehead atoms. The van der Waals surface area contributed by atoms with Crippen molar-refractivity contribution in [1.29, 1.82) is 0 Å². The Morgan fingerprint density at radius 2 is 1.67 bits per heavy atom. The average Bonchev–Trinajstić information content (AvgIpc) is 3.29. The van der Waals surface area contributed by atoms with Crippen molar-refractivity contribution in [3.63, 3.8) is 0 Å². The minimum Gasteiger partial charge on any atom is -0.497 e. The number of anilines is 1. The summed E-state index contributed by atoms with van der Waals surface area (Å²) >= 11 is 0. The van der Waals surface area contributed by atoms with E-state index in [1.54, 1.807) is 7.11 Å². The van der Waals surface area contributed by atoms with Crippen molar-refractivity contribution >= 4 is 16.9 Å². The smallest absolute Gasteiger partial charge is 0.168 e. The molecule has 7 nitrogen and oxygen atoms in total. The van der Waals surface area contributed by atoms with Crippen LogP contribution in [0.2, 0.25) is 0 Å². The second kappa shape index (κ2) is 9.58. The fourth-order valence-electron chi connectivity index (χ4n) is 4.38. The van der Waals surface area contributed by atoms with Crippen molar-refractivity contribution in [2.75, 3.05) is 38.2 Å². The number of hydrogen-bond donors (Lipinski definition) is 0. The highest BCUT2D eigenvalue weighted by Crippen LogP contribution is 2.27. The van der Waals surface area contributed by atoms with E-state index in [2.05, 4.69) is 46.1 Å². The first-order valence-electron chi connectivity index (χ1n) is 11.7. The molecular formula is C26H30N6O. The molecule has 1 aliphatic heterocycles. The predicted octanol–water partition coefficient (Wildman–Crippen LogP) is 4.10. The normalized spacial score (nSPS) is 14.7. The molecule has 33 heavy (non-hydrogen) atoms. The van der Waals surface area contributed by atoms with Crippen molar-refractivity contribution in [3.8, 4) is 11.4 Å². The van der Waals surface area contributed by atoms with Crippen LogP contribution in [0, 0.1) is 0 Å². The molecule has 1 fully saturated rings. The highest BCUT2D eigenvalue weighted by molar-refractivity contribution is 5.88. The molecule has 2 aromatic carbocycles. The monoisotopic (exact) mass is 442 g/mol. The van der Waals surface area contributed by atoms with Gasteiger partial charge in [0.15, 0.2) is 5.65 Å². The summed E-state index contributed by atoms with van der Waals surface area (Å²) in [5.74, 6) is 2.79. The van der Waals surface area contributed by atoms with Crippen LogP contribution in [0.1, 0.15) is 24.7 Å². The van der Waals surface area contributed by atoms with E-state index in [-0.39, 0.29) is 0 Å². The summed E-state index contributed by atoms with van der Waals surface area (Å²) in [6.45, 7) is 6.97. The zero-order valence-corrected chi connectivity index (χ0v) is 19.3. The van der Waals surface area contributed by atoms with Gasteiger partial charge >= 0.3 is 0 Å². The molecule has 170 valence electrons. The maximum Gasteiger partial charge on any atom is 0.168 e. The van der Waals surface area contributed by atoms with Crippen LogP contribution in [0.4, 0.5) is 5.82 Å². The fraction of sp³-hybridized carbons (Fsp3) is 0.346. The molecular weight excluding hydrogens is 412 g/mol. The van der Waals surface area contributed by atoms with E-state index in [9.17, 15) is 0 Å². The Morgan fingerprint density at radius 3 is 2.36 bits per heavy atom. The lowest BCUT2D eigenvalue weighted by Crippen LogP contribution is -2.46. The molecule has 0 unspecified atom stereocenters. The van der Waals surface area contributed by atoms with Crippen LogP contribution in [0.5, 0.6) is 5.75 Å². The van der Waals surface area contributed by atoms with Gasteiger partial charge in [0.05, 0.1) is 24.4 Å². The molecule has 3 heterocycles. The lowest BCUT2D eigenvalue weighted by molar-refractivity contribution is 0.249. The first kappa shape index (κ1) is 21.4. The third-order valence-electron chi connectivity index (χ3n) is 6.17. The Hall–Kier alpha value is -3.45. The van der Waals surface area contributed by atoms with E-state index in [0.717, 1.165) is 79.7 Å². The number of aryl methyl sites for hydroxylation is 1. The maximum absolute atomic E-state index is 5.28. The molecule has 4 aromatic rings. The number of hydrogen-bond acceptors (Lipinski definition) is 6. The van der Waals surface area contributed by atoms with Crippen LogP contribution in [0.3, 0.4) is 0 Å². The van der Waals surface area contributed by atoms with Crippen LogP contribution in [-0.2, 0) is 13.0 Å². The zero-order chi connectivity index (χ0) is 22.6. The molecule has 1 saturated heterocycles. The van der Waals surface area contributed by atoms with Crippen molar-refractivity contribution < 1.29 is 4.74 Å². The Kier molecular flexibility index (Phi) is 6.21. The third kappa shape index (κ3) is 4.54. The Balaban J connectivity index is 1.37. The van der Waals surface area contributed by atoms with E-state index in [1.807, 2.05) is 41.2 Å². The minimum absolute atomic E-state index is 0.861. The van der Waals surface area contributed by atoms with Gasteiger partial charge in [-0.3, -0.25) is 4.90 Å². The Labute approximate surface area is 194 Å². The van der Waals surface area contributed by atoms with Gasteiger partial charge < -0.3 is 9.64 Å². The molecule has 0 saturated carbocycles. The molecule has 1 aliphatic rings. The molecule has 5 rings (SSSR count). The SMILES string of the molecule is CCCc1nc(N2CCN(Cc3ccc(OC)cc3)CC2)c2cnn(-c3ccccc3)c2n1. The van der Waals surface area contributed by atoms with E-state index >= 15 is 0 Å². The van der Waals surface area contributed by atoms with Crippen molar-refractivity contribution in [2.24, 2.45) is 0 Å². The van der Waals surface area contributed by atoms with Crippen molar-refractivity contribution in [2.45, 2.75) is 26.3 Å². The second-order valence-corrected chi connectivity index (χ2v) is 8.45. The largest absolute Gasteiger partial charge is 0.497 e. The number of piperazine rings is 1. The molecule has 0 radical (unpaired) electrons. The van der Waals surface area contributed by atoms with E-state index in [0.29, 0.717) is 0 Å². The average molecular weight is 443 g/mol. The fourth-order valence-corrected chi connectivity index (χ4v) is 4.38. The number of methoxy groups -OCH3 is 1. The zero-order valence-electron chi connectivity index (χ0n) is 19.3. The van der Waals surface area contributed by atoms with Crippen molar-refractivity contribution in [1.82, 2.24) is 24.6 Å². The number of fused-ring (bicyclic) bond motifs is 1. The van der Waals surface area contributed by atoms with E-state index < -0.39 is 0 Å². The number of ether oxygens (including phenoxy) is 1. The molecule has 0 spiro atoms. The number of nitrogens with zero attached hydrogens (tertiary/aromatic N) is 6. The van der Waals surface area contributed by atoms with Gasteiger partial charge in [0.25, 0.3) is 0 Å². The Morgan fingerprint density at radius 1 is 0.909 bits per heavy atom. The number of benzene rings is 2. The van der Waals surface area contributed by atoms with Gasteiger partial charge in [-0.05, 0) is 36.2 Å². The number of rotatable bonds is 7. The summed E-state index contributed by atoms with van der Waals surface area (Å²) in [6.07, 6.45) is 3.79. The summed E-state index contributed by atoms with van der Waals surface area (Å²) in [6, 6.07) is 18.6. The molecule has 0 aliphatic carbocycles. The van der Waals surface area contributed by atoms with Crippen molar-refractivity contribution in [3.05, 3.63) is 72.2 Å². The van der Waals surface area contributed by atoms with E-state index in [4.69, 9.17) is 14.7 Å². The lowest BCUT2D eigenvalue weighted by Gasteiger charge is -2.35. The lowest BCUT2D eigenvalue weighted by atomic mass is 10.2. The molecule has 7 heteroatoms. The van der Waals surface area contributed by atoms with Gasteiger partial charge in [0.1, 0.15) is 17.4 Å². The highest BCUT2D eigenvalue weighted by atomic mass is 16.5. The van der Waals surface area contributed by atoms with Gasteiger partial charge in [-0.15, -0.1) is 0 Å². The predicted molar refractivity (Wildman–Crippen MR) is 131 cm³/mol. The first-order chi connectivity index (χ1) is 16.2. The van der Waals surface area contributed by atoms with Crippen LogP contribution in [0.25, 0.3) is 16.7 Å². The van der Waals surface area contributed by atoms with Crippen LogP contribution < -0.4 is 9.64 Å². The van der Waals surface area contributed by atoms with Gasteiger partial charge in [-0.2, -0.15) is 5.10 Å². The number of para-hydroxylation sites is 1. The number of aromatic nitrogens is 4. The summed E-state index contributed by atoms with van der Waals surface area (Å²) in [5, 5.41) is 5.69. The summed E-state index contributed by atoms with van der Waals surface area (Å²) < 4.78 is 7.21. The van der Waals surface area contributed by atoms with Gasteiger partial charge in [0, 0.05) is 39.1 Å². The van der Waals surface area contributed by atoms with E-state index in [1.165, 1.54) is 5.56 Å². The molecule has 2 aromatic heterocycles. The standard InChI is InChI=1S/C26H30N6O/c1-3-7-24-28-25(23-18-27-32(26(23)29-24)21-8-5-4-6-9-21)31-16-14-30(15-17-31)19-20-10-12-22(33-2)13-11-20/h4-6,8-13,18H,3,7,14-17,19H2,1-2H3. The third-order valence-corrected chi connectivity index (χ3v) is 6.17. The maximum atomic E-state index is 5.28. The van der Waals surface area contributed by atoms with Crippen LogP contribution in [-0.4, -0.2) is 57.9 Å².